The van der Waals surface area contributed by atoms with E-state index in [0.29, 0.717) is 15.6 Å². The fraction of sp³-hybridized carbons (Fsp3) is 0.167. The molecule has 2 aromatic carbocycles. The molecule has 1 heterocycles. The second-order valence-electron chi connectivity index (χ2n) is 5.49. The maximum absolute atomic E-state index is 13.3. The molecular weight excluding hydrogens is 471 g/mol. The van der Waals surface area contributed by atoms with Crippen LogP contribution >= 0.6 is 22.6 Å². The maximum Gasteiger partial charge on any atom is 0.325 e. The number of ether oxygens (including phenoxy) is 1. The van der Waals surface area contributed by atoms with E-state index in [0.717, 1.165) is 3.57 Å². The van der Waals surface area contributed by atoms with E-state index in [2.05, 4.69) is 10.3 Å². The largest absolute Gasteiger partial charge is 0.456 e. The van der Waals surface area contributed by atoms with Crippen molar-refractivity contribution >= 4 is 45.5 Å². The molecule has 140 valence electrons. The fourth-order valence-corrected chi connectivity index (χ4v) is 3.14. The zero-order valence-corrected chi connectivity index (χ0v) is 16.0. The van der Waals surface area contributed by atoms with Crippen molar-refractivity contribution in [2.45, 2.75) is 13.2 Å². The minimum absolute atomic E-state index is 0.0662. The minimum atomic E-state index is -2.81. The highest BCUT2D eigenvalue weighted by atomic mass is 127. The van der Waals surface area contributed by atoms with Crippen LogP contribution in [-0.4, -0.2) is 28.0 Å². The molecule has 0 aliphatic heterocycles. The molecule has 0 radical (unpaired) electrons. The zero-order chi connectivity index (χ0) is 19.4. The molecule has 1 amide bonds. The predicted molar refractivity (Wildman–Crippen MR) is 102 cm³/mol. The van der Waals surface area contributed by atoms with Crippen LogP contribution in [0.2, 0.25) is 0 Å². The van der Waals surface area contributed by atoms with Gasteiger partial charge in [0.05, 0.1) is 16.6 Å². The monoisotopic (exact) mass is 485 g/mol. The topological polar surface area (TPSA) is 73.2 Å². The van der Waals surface area contributed by atoms with Crippen LogP contribution in [0.4, 0.5) is 8.78 Å². The molecule has 27 heavy (non-hydrogen) atoms. The van der Waals surface area contributed by atoms with Crippen molar-refractivity contribution in [1.29, 1.82) is 0 Å². The quantitative estimate of drug-likeness (QED) is 0.429. The lowest BCUT2D eigenvalue weighted by Gasteiger charge is -2.09. The van der Waals surface area contributed by atoms with Gasteiger partial charge in [0.2, 0.25) is 0 Å². The van der Waals surface area contributed by atoms with Crippen LogP contribution < -0.4 is 5.32 Å². The Balaban J connectivity index is 1.61. The zero-order valence-electron chi connectivity index (χ0n) is 13.9. The number of aromatic nitrogens is 2. The van der Waals surface area contributed by atoms with Crippen LogP contribution in [0.5, 0.6) is 0 Å². The van der Waals surface area contributed by atoms with Gasteiger partial charge in [0.25, 0.3) is 5.91 Å². The van der Waals surface area contributed by atoms with Gasteiger partial charge in [0.15, 0.2) is 5.82 Å². The van der Waals surface area contributed by atoms with Crippen molar-refractivity contribution in [1.82, 2.24) is 14.9 Å². The van der Waals surface area contributed by atoms with Gasteiger partial charge in [-0.1, -0.05) is 24.3 Å². The summed E-state index contributed by atoms with van der Waals surface area (Å²) in [6.45, 7) is -3.61. The van der Waals surface area contributed by atoms with Gasteiger partial charge < -0.3 is 10.1 Å². The second kappa shape index (κ2) is 8.42. The number of carbonyl (C=O) groups is 2. The van der Waals surface area contributed by atoms with Gasteiger partial charge in [0, 0.05) is 3.57 Å². The molecule has 0 atom stereocenters. The van der Waals surface area contributed by atoms with Gasteiger partial charge in [0.1, 0.15) is 13.2 Å². The maximum atomic E-state index is 13.3. The molecular formula is C18H14F2IN3O3. The van der Waals surface area contributed by atoms with Crippen LogP contribution in [0, 0.1) is 3.57 Å². The van der Waals surface area contributed by atoms with Crippen LogP contribution in [0.1, 0.15) is 22.7 Å². The Labute approximate surface area is 166 Å². The molecule has 0 saturated carbocycles. The van der Waals surface area contributed by atoms with Gasteiger partial charge in [-0.3, -0.25) is 14.2 Å². The van der Waals surface area contributed by atoms with Gasteiger partial charge >= 0.3 is 12.5 Å². The van der Waals surface area contributed by atoms with Crippen molar-refractivity contribution in [2.24, 2.45) is 0 Å². The van der Waals surface area contributed by atoms with E-state index in [1.165, 1.54) is 6.07 Å². The molecule has 0 aliphatic rings. The van der Waals surface area contributed by atoms with Crippen molar-refractivity contribution < 1.29 is 23.1 Å². The Hall–Kier alpha value is -2.56. The van der Waals surface area contributed by atoms with E-state index in [-0.39, 0.29) is 17.9 Å². The number of esters is 1. The summed E-state index contributed by atoms with van der Waals surface area (Å²) in [4.78, 5) is 28.0. The van der Waals surface area contributed by atoms with Gasteiger partial charge in [-0.15, -0.1) is 0 Å². The molecule has 9 heteroatoms. The van der Waals surface area contributed by atoms with Gasteiger partial charge in [-0.05, 0) is 46.9 Å². The Bertz CT molecular complexity index is 991. The number of benzene rings is 2. The van der Waals surface area contributed by atoms with E-state index in [9.17, 15) is 18.4 Å². The lowest BCUT2D eigenvalue weighted by molar-refractivity contribution is -0.144. The van der Waals surface area contributed by atoms with E-state index >= 15 is 0 Å². The van der Waals surface area contributed by atoms with Crippen molar-refractivity contribution in [3.63, 3.8) is 0 Å². The van der Waals surface area contributed by atoms with E-state index in [1.54, 1.807) is 42.5 Å². The third-order valence-corrected chi connectivity index (χ3v) is 4.68. The SMILES string of the molecule is O=C(CNC(=O)c1ccccc1I)OCc1nc2ccccc2n1C(F)F. The van der Waals surface area contributed by atoms with Crippen LogP contribution in [0.25, 0.3) is 11.0 Å². The number of hydrogen-bond acceptors (Lipinski definition) is 4. The highest BCUT2D eigenvalue weighted by Gasteiger charge is 2.19. The first kappa shape index (κ1) is 19.2. The average Bonchev–Trinajstić information content (AvgIpc) is 3.03. The first-order valence-electron chi connectivity index (χ1n) is 7.89. The number of para-hydroxylation sites is 2. The first-order valence-corrected chi connectivity index (χ1v) is 8.97. The lowest BCUT2D eigenvalue weighted by Crippen LogP contribution is -2.31. The van der Waals surface area contributed by atoms with Crippen molar-refractivity contribution in [3.8, 4) is 0 Å². The average molecular weight is 485 g/mol. The molecule has 6 nitrogen and oxygen atoms in total. The molecule has 1 N–H and O–H groups in total. The third kappa shape index (κ3) is 4.41. The molecule has 0 fully saturated rings. The molecule has 0 saturated heterocycles. The Morgan fingerprint density at radius 2 is 1.85 bits per heavy atom. The summed E-state index contributed by atoms with van der Waals surface area (Å²) in [6.07, 6.45) is 0. The van der Waals surface area contributed by atoms with Gasteiger partial charge in [-0.25, -0.2) is 4.98 Å². The minimum Gasteiger partial charge on any atom is -0.456 e. The number of rotatable bonds is 6. The third-order valence-electron chi connectivity index (χ3n) is 3.74. The number of amides is 1. The molecule has 0 spiro atoms. The second-order valence-corrected chi connectivity index (χ2v) is 6.65. The highest BCUT2D eigenvalue weighted by molar-refractivity contribution is 14.1. The van der Waals surface area contributed by atoms with Crippen LogP contribution in [0.3, 0.4) is 0 Å². The number of nitrogens with zero attached hydrogens (tertiary/aromatic N) is 2. The number of fused-ring (bicyclic) bond motifs is 1. The van der Waals surface area contributed by atoms with E-state index in [1.807, 2.05) is 22.6 Å². The Morgan fingerprint density at radius 1 is 1.15 bits per heavy atom. The summed E-state index contributed by atoms with van der Waals surface area (Å²) in [7, 11) is 0. The Morgan fingerprint density at radius 3 is 2.59 bits per heavy atom. The molecule has 0 bridgehead atoms. The smallest absolute Gasteiger partial charge is 0.325 e. The Kier molecular flexibility index (Phi) is 5.99. The van der Waals surface area contributed by atoms with E-state index in [4.69, 9.17) is 4.74 Å². The molecule has 3 aromatic rings. The summed E-state index contributed by atoms with van der Waals surface area (Å²) < 4.78 is 33.1. The van der Waals surface area contributed by atoms with Gasteiger partial charge in [-0.2, -0.15) is 8.78 Å². The summed E-state index contributed by atoms with van der Waals surface area (Å²) in [6, 6.07) is 13.3. The summed E-state index contributed by atoms with van der Waals surface area (Å²) in [5.41, 5.74) is 1.08. The molecule has 0 unspecified atom stereocenters. The fourth-order valence-electron chi connectivity index (χ4n) is 2.50. The summed E-state index contributed by atoms with van der Waals surface area (Å²) in [5, 5.41) is 2.45. The van der Waals surface area contributed by atoms with Crippen molar-refractivity contribution in [2.75, 3.05) is 6.54 Å². The standard InChI is InChI=1S/C18H14F2IN3O3/c19-18(20)24-14-8-4-3-7-13(14)23-15(24)10-27-16(25)9-22-17(26)11-5-1-2-6-12(11)21/h1-8,18H,9-10H2,(H,22,26). The van der Waals surface area contributed by atoms with Crippen LogP contribution in [0.15, 0.2) is 48.5 Å². The number of alkyl halides is 2. The molecule has 1 aromatic heterocycles. The number of imidazole rings is 1. The number of nitrogens with one attached hydrogen (secondary N) is 1. The summed E-state index contributed by atoms with van der Waals surface area (Å²) in [5.74, 6) is -1.23. The van der Waals surface area contributed by atoms with E-state index < -0.39 is 25.0 Å². The predicted octanol–water partition coefficient (Wildman–Crippen LogP) is 3.51. The molecule has 3 rings (SSSR count). The number of carbonyl (C=O) groups excluding carboxylic acids is 2. The first-order chi connectivity index (χ1) is 13.0. The van der Waals surface area contributed by atoms with Crippen LogP contribution in [-0.2, 0) is 16.1 Å². The molecule has 0 aliphatic carbocycles. The highest BCUT2D eigenvalue weighted by Crippen LogP contribution is 2.23. The summed E-state index contributed by atoms with van der Waals surface area (Å²) >= 11 is 2.01. The normalized spacial score (nSPS) is 11.0. The van der Waals surface area contributed by atoms with Crippen molar-refractivity contribution in [3.05, 3.63) is 63.5 Å². The lowest BCUT2D eigenvalue weighted by atomic mass is 10.2. The number of hydrogen-bond donors (Lipinski definition) is 1. The number of halogens is 3.